The van der Waals surface area contributed by atoms with E-state index in [1.165, 1.54) is 12.1 Å². The first-order valence-electron chi connectivity index (χ1n) is 8.08. The number of nitrogens with one attached hydrogen (secondary N) is 1. The number of carbonyl (C=O) groups excluding carboxylic acids is 2. The normalized spacial score (nSPS) is 18.3. The summed E-state index contributed by atoms with van der Waals surface area (Å²) in [5.74, 6) is -0.457. The van der Waals surface area contributed by atoms with Gasteiger partial charge in [0.1, 0.15) is 11.9 Å². The molecule has 1 atom stereocenters. The highest BCUT2D eigenvalue weighted by Crippen LogP contribution is 2.15. The van der Waals surface area contributed by atoms with Gasteiger partial charge in [-0.25, -0.2) is 4.39 Å². The molecule has 0 saturated carbocycles. The van der Waals surface area contributed by atoms with Crippen LogP contribution >= 0.6 is 0 Å². The van der Waals surface area contributed by atoms with Crippen molar-refractivity contribution in [3.8, 4) is 0 Å². The average molecular weight is 336 g/mol. The molecule has 1 aromatic carbocycles. The average Bonchev–Trinajstić information content (AvgIpc) is 2.59. The molecule has 0 bridgehead atoms. The zero-order chi connectivity index (χ0) is 17.7. The monoisotopic (exact) mass is 336 g/mol. The number of hydrogen-bond donors (Lipinski definition) is 1. The molecule has 1 unspecified atom stereocenters. The van der Waals surface area contributed by atoms with Gasteiger partial charge in [-0.15, -0.1) is 0 Å². The largest absolute Gasteiger partial charge is 0.374 e. The quantitative estimate of drug-likeness (QED) is 0.853. The molecule has 0 radical (unpaired) electrons. The number of likely N-dealkylation sites (N-methyl/N-ethyl adjacent to an activating group) is 2. The molecule has 7 heteroatoms. The summed E-state index contributed by atoms with van der Waals surface area (Å²) in [6.45, 7) is 2.36. The van der Waals surface area contributed by atoms with Crippen LogP contribution in [0.15, 0.2) is 24.3 Å². The van der Waals surface area contributed by atoms with Gasteiger partial charge >= 0.3 is 0 Å². The minimum Gasteiger partial charge on any atom is -0.374 e. The SMILES string of the molecule is CNC(=O)C1CN(C)CCN1C(=O)CCN(C)c1ccc(F)cc1. The van der Waals surface area contributed by atoms with Crippen LogP contribution < -0.4 is 10.2 Å². The van der Waals surface area contributed by atoms with Gasteiger partial charge in [0.2, 0.25) is 11.8 Å². The molecule has 1 aliphatic heterocycles. The highest BCUT2D eigenvalue weighted by atomic mass is 19.1. The van der Waals surface area contributed by atoms with Crippen molar-refractivity contribution in [3.05, 3.63) is 30.1 Å². The summed E-state index contributed by atoms with van der Waals surface area (Å²) in [5.41, 5.74) is 0.852. The van der Waals surface area contributed by atoms with Crippen LogP contribution in [0.5, 0.6) is 0 Å². The van der Waals surface area contributed by atoms with Gasteiger partial charge in [0.05, 0.1) is 0 Å². The maximum Gasteiger partial charge on any atom is 0.243 e. The third-order valence-electron chi connectivity index (χ3n) is 4.38. The Morgan fingerprint density at radius 3 is 2.58 bits per heavy atom. The Hall–Kier alpha value is -2.15. The van der Waals surface area contributed by atoms with Gasteiger partial charge in [0.25, 0.3) is 0 Å². The van der Waals surface area contributed by atoms with Crippen molar-refractivity contribution in [3.63, 3.8) is 0 Å². The molecule has 1 fully saturated rings. The van der Waals surface area contributed by atoms with E-state index in [9.17, 15) is 14.0 Å². The molecule has 0 spiro atoms. The van der Waals surface area contributed by atoms with E-state index in [4.69, 9.17) is 0 Å². The molecule has 1 aromatic rings. The smallest absolute Gasteiger partial charge is 0.243 e. The van der Waals surface area contributed by atoms with E-state index in [0.717, 1.165) is 12.2 Å². The molecule has 24 heavy (non-hydrogen) atoms. The summed E-state index contributed by atoms with van der Waals surface area (Å²) >= 11 is 0. The fourth-order valence-corrected chi connectivity index (χ4v) is 2.84. The van der Waals surface area contributed by atoms with E-state index >= 15 is 0 Å². The summed E-state index contributed by atoms with van der Waals surface area (Å²) in [6.07, 6.45) is 0.311. The second-order valence-corrected chi connectivity index (χ2v) is 6.13. The number of halogens is 1. The van der Waals surface area contributed by atoms with Crippen LogP contribution in [0.4, 0.5) is 10.1 Å². The Kier molecular flexibility index (Phi) is 6.14. The van der Waals surface area contributed by atoms with Crippen molar-refractivity contribution < 1.29 is 14.0 Å². The Labute approximate surface area is 142 Å². The molecule has 2 rings (SSSR count). The number of benzene rings is 1. The second-order valence-electron chi connectivity index (χ2n) is 6.13. The van der Waals surface area contributed by atoms with Crippen LogP contribution in [0.2, 0.25) is 0 Å². The van der Waals surface area contributed by atoms with Gasteiger partial charge in [-0.1, -0.05) is 0 Å². The fourth-order valence-electron chi connectivity index (χ4n) is 2.84. The van der Waals surface area contributed by atoms with Gasteiger partial charge in [-0.3, -0.25) is 9.59 Å². The number of hydrogen-bond acceptors (Lipinski definition) is 4. The number of nitrogens with zero attached hydrogens (tertiary/aromatic N) is 3. The molecule has 2 amide bonds. The molecular formula is C17H25FN4O2. The molecule has 1 saturated heterocycles. The first kappa shape index (κ1) is 18.2. The molecular weight excluding hydrogens is 311 g/mol. The Morgan fingerprint density at radius 2 is 1.96 bits per heavy atom. The lowest BCUT2D eigenvalue weighted by atomic mass is 10.1. The van der Waals surface area contributed by atoms with Crippen LogP contribution in [0.3, 0.4) is 0 Å². The van der Waals surface area contributed by atoms with E-state index in [0.29, 0.717) is 26.1 Å². The minimum atomic E-state index is -0.447. The van der Waals surface area contributed by atoms with Crippen molar-refractivity contribution in [2.45, 2.75) is 12.5 Å². The van der Waals surface area contributed by atoms with Crippen molar-refractivity contribution in [2.75, 3.05) is 52.2 Å². The zero-order valence-corrected chi connectivity index (χ0v) is 14.5. The summed E-state index contributed by atoms with van der Waals surface area (Å²) < 4.78 is 13.0. The van der Waals surface area contributed by atoms with Crippen molar-refractivity contribution in [2.24, 2.45) is 0 Å². The molecule has 1 aliphatic rings. The standard InChI is InChI=1S/C17H25FN4O2/c1-19-17(24)15-12-20(2)10-11-22(15)16(23)8-9-21(3)14-6-4-13(18)5-7-14/h4-7,15H,8-12H2,1-3H3,(H,19,24). The first-order valence-corrected chi connectivity index (χ1v) is 8.08. The molecule has 0 aliphatic carbocycles. The first-order chi connectivity index (χ1) is 11.4. The summed E-state index contributed by atoms with van der Waals surface area (Å²) in [6, 6.07) is 5.72. The molecule has 132 valence electrons. The summed E-state index contributed by atoms with van der Waals surface area (Å²) in [5, 5.41) is 2.63. The van der Waals surface area contributed by atoms with E-state index in [2.05, 4.69) is 5.32 Å². The third-order valence-corrected chi connectivity index (χ3v) is 4.38. The number of anilines is 1. The van der Waals surface area contributed by atoms with Crippen molar-refractivity contribution in [1.29, 1.82) is 0 Å². The molecule has 6 nitrogen and oxygen atoms in total. The second kappa shape index (κ2) is 8.10. The predicted octanol–water partition coefficient (Wildman–Crippen LogP) is 0.541. The molecule has 1 heterocycles. The third kappa shape index (κ3) is 4.44. The van der Waals surface area contributed by atoms with Crippen molar-refractivity contribution in [1.82, 2.24) is 15.1 Å². The predicted molar refractivity (Wildman–Crippen MR) is 91.4 cm³/mol. The highest BCUT2D eigenvalue weighted by molar-refractivity contribution is 5.88. The highest BCUT2D eigenvalue weighted by Gasteiger charge is 2.33. The van der Waals surface area contributed by atoms with Gasteiger partial charge in [-0.05, 0) is 31.3 Å². The van der Waals surface area contributed by atoms with Gasteiger partial charge < -0.3 is 20.0 Å². The number of carbonyl (C=O) groups is 2. The van der Waals surface area contributed by atoms with Crippen LogP contribution in [0.25, 0.3) is 0 Å². The van der Waals surface area contributed by atoms with Crippen LogP contribution in [0, 0.1) is 5.82 Å². The van der Waals surface area contributed by atoms with Crippen molar-refractivity contribution >= 4 is 17.5 Å². The maximum absolute atomic E-state index is 13.0. The Balaban J connectivity index is 1.94. The van der Waals surface area contributed by atoms with E-state index in [-0.39, 0.29) is 17.6 Å². The fraction of sp³-hybridized carbons (Fsp3) is 0.529. The van der Waals surface area contributed by atoms with Gasteiger partial charge in [0, 0.05) is 52.4 Å². The van der Waals surface area contributed by atoms with Crippen LogP contribution in [-0.2, 0) is 9.59 Å². The molecule has 0 aromatic heterocycles. The lowest BCUT2D eigenvalue weighted by Gasteiger charge is -2.39. The number of piperazine rings is 1. The van der Waals surface area contributed by atoms with Crippen LogP contribution in [-0.4, -0.2) is 75.0 Å². The van der Waals surface area contributed by atoms with Gasteiger partial charge in [0.15, 0.2) is 0 Å². The van der Waals surface area contributed by atoms with Crippen LogP contribution in [0.1, 0.15) is 6.42 Å². The van der Waals surface area contributed by atoms with E-state index in [1.807, 2.05) is 23.9 Å². The lowest BCUT2D eigenvalue weighted by molar-refractivity contribution is -0.143. The molecule has 1 N–H and O–H groups in total. The summed E-state index contributed by atoms with van der Waals surface area (Å²) in [4.78, 5) is 30.2. The number of rotatable bonds is 5. The topological polar surface area (TPSA) is 55.9 Å². The minimum absolute atomic E-state index is 0.0364. The summed E-state index contributed by atoms with van der Waals surface area (Å²) in [7, 11) is 5.39. The lowest BCUT2D eigenvalue weighted by Crippen LogP contribution is -2.59. The maximum atomic E-state index is 13.0. The van der Waals surface area contributed by atoms with Gasteiger partial charge in [-0.2, -0.15) is 0 Å². The van der Waals surface area contributed by atoms with E-state index < -0.39 is 6.04 Å². The van der Waals surface area contributed by atoms with E-state index in [1.54, 1.807) is 24.1 Å². The Bertz CT molecular complexity index is 578. The zero-order valence-electron chi connectivity index (χ0n) is 14.5. The Morgan fingerprint density at radius 1 is 1.29 bits per heavy atom. The number of amides is 2.